The number of likely N-dealkylation sites (tertiary alicyclic amines) is 1. The first-order chi connectivity index (χ1) is 12.5. The van der Waals surface area contributed by atoms with Gasteiger partial charge in [0.15, 0.2) is 0 Å². The standard InChI is InChI=1S/C23H27NO2/c1-15(2)6-4-7-20(25)26-17-9-8-16-12-19-21-22(18(16)13-17)10-5-11-23(21,14-22)24(19)3/h4,6-9,13,19,21H,5,10-12,14H2,1-3H3/b7-4+/t19-,21+,22+,23?/m0/s1. The molecule has 2 saturated carbocycles. The van der Waals surface area contributed by atoms with Crippen molar-refractivity contribution in [3.05, 3.63) is 53.1 Å². The fourth-order valence-corrected chi connectivity index (χ4v) is 6.67. The second kappa shape index (κ2) is 5.32. The summed E-state index contributed by atoms with van der Waals surface area (Å²) in [4.78, 5) is 14.8. The number of hydrogen-bond acceptors (Lipinski definition) is 3. The van der Waals surface area contributed by atoms with Crippen molar-refractivity contribution in [1.29, 1.82) is 0 Å². The largest absolute Gasteiger partial charge is 0.423 e. The molecule has 0 aromatic heterocycles. The van der Waals surface area contributed by atoms with Crippen molar-refractivity contribution < 1.29 is 9.53 Å². The molecule has 1 saturated heterocycles. The maximum atomic E-state index is 12.1. The average Bonchev–Trinajstić information content (AvgIpc) is 2.61. The van der Waals surface area contributed by atoms with Gasteiger partial charge in [0, 0.05) is 29.0 Å². The summed E-state index contributed by atoms with van der Waals surface area (Å²) in [6.45, 7) is 4.01. The van der Waals surface area contributed by atoms with E-state index in [2.05, 4.69) is 24.1 Å². The number of allylic oxidation sites excluding steroid dienone is 3. The van der Waals surface area contributed by atoms with Gasteiger partial charge in [0.05, 0.1) is 0 Å². The number of fused-ring (bicyclic) bond motifs is 1. The van der Waals surface area contributed by atoms with Crippen LogP contribution in [0.1, 0.15) is 50.7 Å². The lowest BCUT2D eigenvalue weighted by molar-refractivity contribution is -0.275. The number of ether oxygens (including phenoxy) is 1. The Morgan fingerprint density at radius 2 is 2.15 bits per heavy atom. The van der Waals surface area contributed by atoms with E-state index in [9.17, 15) is 4.79 Å². The lowest BCUT2D eigenvalue weighted by atomic mass is 9.32. The predicted octanol–water partition coefficient (Wildman–Crippen LogP) is 4.16. The number of carbonyl (C=O) groups excluding carboxylic acids is 1. The maximum Gasteiger partial charge on any atom is 0.336 e. The molecule has 1 aromatic rings. The molecule has 3 heteroatoms. The summed E-state index contributed by atoms with van der Waals surface area (Å²) in [6, 6.07) is 7.06. The summed E-state index contributed by atoms with van der Waals surface area (Å²) in [7, 11) is 2.33. The molecule has 4 atom stereocenters. The number of hydrogen-bond donors (Lipinski definition) is 0. The predicted molar refractivity (Wildman–Crippen MR) is 102 cm³/mol. The first kappa shape index (κ1) is 16.3. The van der Waals surface area contributed by atoms with Crippen molar-refractivity contribution in [2.75, 3.05) is 7.05 Å². The highest BCUT2D eigenvalue weighted by atomic mass is 16.5. The summed E-state index contributed by atoms with van der Waals surface area (Å²) in [5.41, 5.74) is 4.94. The molecule has 3 aliphatic carbocycles. The maximum absolute atomic E-state index is 12.1. The van der Waals surface area contributed by atoms with Crippen LogP contribution < -0.4 is 4.74 Å². The molecule has 3 nitrogen and oxygen atoms in total. The molecular weight excluding hydrogens is 322 g/mol. The Bertz CT molecular complexity index is 850. The van der Waals surface area contributed by atoms with Gasteiger partial charge in [-0.05, 0) is 69.8 Å². The zero-order valence-corrected chi connectivity index (χ0v) is 15.9. The van der Waals surface area contributed by atoms with Crippen molar-refractivity contribution in [2.24, 2.45) is 5.92 Å². The summed E-state index contributed by atoms with van der Waals surface area (Å²) < 4.78 is 5.60. The molecule has 0 amide bonds. The lowest BCUT2D eigenvalue weighted by Gasteiger charge is -2.82. The molecule has 0 radical (unpaired) electrons. The van der Waals surface area contributed by atoms with Crippen LogP contribution in [0.15, 0.2) is 42.0 Å². The van der Waals surface area contributed by atoms with Crippen LogP contribution in [0, 0.1) is 5.92 Å². The third kappa shape index (κ3) is 1.95. The summed E-state index contributed by atoms with van der Waals surface area (Å²) >= 11 is 0. The van der Waals surface area contributed by atoms with E-state index in [4.69, 9.17) is 4.74 Å². The first-order valence-corrected chi connectivity index (χ1v) is 9.86. The van der Waals surface area contributed by atoms with Gasteiger partial charge in [-0.15, -0.1) is 0 Å². The van der Waals surface area contributed by atoms with E-state index >= 15 is 0 Å². The van der Waals surface area contributed by atoms with Crippen molar-refractivity contribution in [2.45, 2.75) is 62.9 Å². The van der Waals surface area contributed by atoms with Gasteiger partial charge in [-0.1, -0.05) is 30.2 Å². The number of nitrogens with zero attached hydrogens (tertiary/aromatic N) is 1. The third-order valence-corrected chi connectivity index (χ3v) is 7.54. The minimum absolute atomic E-state index is 0.302. The molecule has 2 spiro atoms. The Kier molecular flexibility index (Phi) is 3.34. The summed E-state index contributed by atoms with van der Waals surface area (Å²) in [5.74, 6) is 1.22. The number of likely N-dealkylation sites (N-methyl/N-ethyl adjacent to an activating group) is 1. The van der Waals surface area contributed by atoms with Gasteiger partial charge < -0.3 is 4.74 Å². The van der Waals surface area contributed by atoms with E-state index in [1.54, 1.807) is 6.08 Å². The van der Waals surface area contributed by atoms with Crippen LogP contribution in [0.3, 0.4) is 0 Å². The molecular formula is C23H27NO2. The molecule has 26 heavy (non-hydrogen) atoms. The number of rotatable bonds is 3. The van der Waals surface area contributed by atoms with Crippen molar-refractivity contribution in [3.8, 4) is 5.75 Å². The normalized spacial score (nSPS) is 36.4. The van der Waals surface area contributed by atoms with Crippen LogP contribution in [-0.2, 0) is 16.6 Å². The highest BCUT2D eigenvalue weighted by molar-refractivity contribution is 5.84. The van der Waals surface area contributed by atoms with E-state index < -0.39 is 0 Å². The average molecular weight is 349 g/mol. The number of piperidine rings is 1. The lowest BCUT2D eigenvalue weighted by Crippen LogP contribution is -2.88. The Balaban J connectivity index is 1.42. The monoisotopic (exact) mass is 349 g/mol. The van der Waals surface area contributed by atoms with E-state index in [0.29, 0.717) is 16.7 Å². The van der Waals surface area contributed by atoms with Crippen LogP contribution in [-0.4, -0.2) is 29.5 Å². The van der Waals surface area contributed by atoms with Gasteiger partial charge in [0.1, 0.15) is 5.75 Å². The fourth-order valence-electron chi connectivity index (χ4n) is 6.67. The molecule has 136 valence electrons. The van der Waals surface area contributed by atoms with Gasteiger partial charge in [-0.25, -0.2) is 4.79 Å². The van der Waals surface area contributed by atoms with Gasteiger partial charge in [0.2, 0.25) is 0 Å². The van der Waals surface area contributed by atoms with Crippen LogP contribution in [0.4, 0.5) is 0 Å². The zero-order valence-electron chi connectivity index (χ0n) is 15.9. The molecule has 1 unspecified atom stereocenters. The first-order valence-electron chi connectivity index (χ1n) is 9.86. The van der Waals surface area contributed by atoms with E-state index in [0.717, 1.165) is 24.0 Å². The van der Waals surface area contributed by atoms with Gasteiger partial charge in [-0.2, -0.15) is 0 Å². The van der Waals surface area contributed by atoms with Crippen molar-refractivity contribution >= 4 is 5.97 Å². The SMILES string of the molecule is CC(C)=C/C=C/C(=O)Oc1ccc2c(c1)[C@@]13CCCC4(C1)[C@@H]3[C@H](C2)N4C. The van der Waals surface area contributed by atoms with Gasteiger partial charge >= 0.3 is 5.97 Å². The van der Waals surface area contributed by atoms with E-state index in [1.165, 1.54) is 42.9 Å². The number of benzene rings is 1. The minimum atomic E-state index is -0.302. The smallest absolute Gasteiger partial charge is 0.336 e. The third-order valence-electron chi connectivity index (χ3n) is 7.54. The highest BCUT2D eigenvalue weighted by Gasteiger charge is 2.78. The highest BCUT2D eigenvalue weighted by Crippen LogP contribution is 2.75. The van der Waals surface area contributed by atoms with Crippen LogP contribution in [0.25, 0.3) is 0 Å². The molecule has 1 aromatic carbocycles. The van der Waals surface area contributed by atoms with Crippen molar-refractivity contribution in [3.63, 3.8) is 0 Å². The molecule has 4 aliphatic rings. The van der Waals surface area contributed by atoms with Crippen LogP contribution >= 0.6 is 0 Å². The minimum Gasteiger partial charge on any atom is -0.423 e. The van der Waals surface area contributed by atoms with Gasteiger partial charge in [0.25, 0.3) is 0 Å². The second-order valence-corrected chi connectivity index (χ2v) is 8.99. The summed E-state index contributed by atoms with van der Waals surface area (Å²) in [6.07, 6.45) is 11.6. The van der Waals surface area contributed by atoms with Crippen LogP contribution in [0.2, 0.25) is 0 Å². The molecule has 5 rings (SSSR count). The molecule has 1 aliphatic heterocycles. The Hall–Kier alpha value is -1.87. The Labute approximate surface area is 155 Å². The molecule has 2 bridgehead atoms. The molecule has 0 N–H and O–H groups in total. The van der Waals surface area contributed by atoms with E-state index in [-0.39, 0.29) is 5.97 Å². The molecule has 3 fully saturated rings. The zero-order chi connectivity index (χ0) is 18.1. The second-order valence-electron chi connectivity index (χ2n) is 8.99. The van der Waals surface area contributed by atoms with Crippen molar-refractivity contribution in [1.82, 2.24) is 4.90 Å². The molecule has 1 heterocycles. The Morgan fingerprint density at radius 1 is 1.31 bits per heavy atom. The number of esters is 1. The quantitative estimate of drug-likeness (QED) is 0.355. The Morgan fingerprint density at radius 3 is 2.96 bits per heavy atom. The van der Waals surface area contributed by atoms with Gasteiger partial charge in [-0.3, -0.25) is 4.90 Å². The number of carbonyl (C=O) groups is 1. The summed E-state index contributed by atoms with van der Waals surface area (Å²) in [5, 5.41) is 0. The topological polar surface area (TPSA) is 29.5 Å². The van der Waals surface area contributed by atoms with Crippen LogP contribution in [0.5, 0.6) is 5.75 Å². The fraction of sp³-hybridized carbons (Fsp3) is 0.522. The van der Waals surface area contributed by atoms with E-state index in [1.807, 2.05) is 26.0 Å².